The molecule has 8 heteroatoms. The maximum Gasteiger partial charge on any atom is 0.268 e. The van der Waals surface area contributed by atoms with Gasteiger partial charge in [0.25, 0.3) is 5.56 Å². The summed E-state index contributed by atoms with van der Waals surface area (Å²) in [4.78, 5) is 36.6. The number of thiophene rings is 1. The van der Waals surface area contributed by atoms with Crippen molar-refractivity contribution in [3.05, 3.63) is 46.5 Å². The van der Waals surface area contributed by atoms with Crippen molar-refractivity contribution in [3.8, 4) is 16.2 Å². The van der Waals surface area contributed by atoms with Gasteiger partial charge in [-0.05, 0) is 35.9 Å². The summed E-state index contributed by atoms with van der Waals surface area (Å²) in [6.07, 6.45) is 0. The minimum atomic E-state index is -0.105. The van der Waals surface area contributed by atoms with E-state index in [1.807, 2.05) is 35.2 Å². The van der Waals surface area contributed by atoms with Crippen molar-refractivity contribution < 1.29 is 9.53 Å². The molecule has 4 rings (SSSR count). The Labute approximate surface area is 166 Å². The summed E-state index contributed by atoms with van der Waals surface area (Å²) in [5.41, 5.74) is 1.65. The van der Waals surface area contributed by atoms with E-state index in [0.29, 0.717) is 30.2 Å². The van der Waals surface area contributed by atoms with Crippen LogP contribution in [0.15, 0.2) is 35.1 Å². The molecule has 1 aromatic carbocycles. The second kappa shape index (κ2) is 7.73. The van der Waals surface area contributed by atoms with Crippen LogP contribution in [-0.4, -0.2) is 59.0 Å². The van der Waals surface area contributed by atoms with E-state index in [4.69, 9.17) is 4.74 Å². The third kappa shape index (κ3) is 3.79. The van der Waals surface area contributed by atoms with E-state index in [-0.39, 0.29) is 11.5 Å². The SMILES string of the molecule is COc1ccc(-c2cc3nc(CN4CCN(C(C)=O)CC4)[nH]c(=O)c3s2)cc1. The summed E-state index contributed by atoms with van der Waals surface area (Å²) in [5, 5.41) is 0. The molecule has 1 saturated heterocycles. The minimum absolute atomic E-state index is 0.105. The first kappa shape index (κ1) is 18.6. The van der Waals surface area contributed by atoms with Gasteiger partial charge in [-0.15, -0.1) is 11.3 Å². The molecule has 3 heterocycles. The molecule has 0 atom stereocenters. The molecule has 2 aromatic heterocycles. The van der Waals surface area contributed by atoms with Gasteiger partial charge in [0.2, 0.25) is 5.91 Å². The number of methoxy groups -OCH3 is 1. The highest BCUT2D eigenvalue weighted by atomic mass is 32.1. The molecule has 3 aromatic rings. The molecular weight excluding hydrogens is 376 g/mol. The summed E-state index contributed by atoms with van der Waals surface area (Å²) in [5.74, 6) is 1.57. The van der Waals surface area contributed by atoms with Crippen LogP contribution in [0, 0.1) is 0 Å². The van der Waals surface area contributed by atoms with Crippen molar-refractivity contribution in [2.45, 2.75) is 13.5 Å². The smallest absolute Gasteiger partial charge is 0.268 e. The highest BCUT2D eigenvalue weighted by Crippen LogP contribution is 2.31. The van der Waals surface area contributed by atoms with Gasteiger partial charge >= 0.3 is 0 Å². The molecule has 1 aliphatic rings. The largest absolute Gasteiger partial charge is 0.497 e. The fourth-order valence-electron chi connectivity index (χ4n) is 3.39. The van der Waals surface area contributed by atoms with Gasteiger partial charge in [-0.25, -0.2) is 4.98 Å². The van der Waals surface area contributed by atoms with Crippen molar-refractivity contribution >= 4 is 27.5 Å². The van der Waals surface area contributed by atoms with Gasteiger partial charge in [0.15, 0.2) is 0 Å². The molecular formula is C20H22N4O3S. The van der Waals surface area contributed by atoms with E-state index in [9.17, 15) is 9.59 Å². The van der Waals surface area contributed by atoms with Crippen molar-refractivity contribution in [2.75, 3.05) is 33.3 Å². The Bertz CT molecular complexity index is 1050. The first-order valence-corrected chi connectivity index (χ1v) is 10.00. The number of hydrogen-bond acceptors (Lipinski definition) is 6. The number of piperazine rings is 1. The molecule has 1 N–H and O–H groups in total. The summed E-state index contributed by atoms with van der Waals surface area (Å²) in [6, 6.07) is 9.74. The zero-order chi connectivity index (χ0) is 19.7. The number of benzene rings is 1. The van der Waals surface area contributed by atoms with Crippen LogP contribution >= 0.6 is 11.3 Å². The van der Waals surface area contributed by atoms with Gasteiger partial charge in [-0.3, -0.25) is 14.5 Å². The molecule has 0 aliphatic carbocycles. The van der Waals surface area contributed by atoms with Crippen LogP contribution in [0.2, 0.25) is 0 Å². The molecule has 0 radical (unpaired) electrons. The van der Waals surface area contributed by atoms with E-state index in [1.165, 1.54) is 11.3 Å². The Morgan fingerprint density at radius 3 is 2.57 bits per heavy atom. The number of aromatic nitrogens is 2. The summed E-state index contributed by atoms with van der Waals surface area (Å²) >= 11 is 1.44. The number of fused-ring (bicyclic) bond motifs is 1. The Kier molecular flexibility index (Phi) is 5.15. The van der Waals surface area contributed by atoms with E-state index >= 15 is 0 Å². The topological polar surface area (TPSA) is 78.5 Å². The lowest BCUT2D eigenvalue weighted by Crippen LogP contribution is -2.47. The third-order valence-electron chi connectivity index (χ3n) is 5.00. The average Bonchev–Trinajstić information content (AvgIpc) is 3.13. The Hall–Kier alpha value is -2.71. The number of H-pyrrole nitrogens is 1. The van der Waals surface area contributed by atoms with Crippen molar-refractivity contribution in [3.63, 3.8) is 0 Å². The Morgan fingerprint density at radius 1 is 1.21 bits per heavy atom. The van der Waals surface area contributed by atoms with E-state index in [0.717, 1.165) is 34.8 Å². The van der Waals surface area contributed by atoms with Crippen molar-refractivity contribution in [2.24, 2.45) is 0 Å². The Morgan fingerprint density at radius 2 is 1.93 bits per heavy atom. The number of nitrogens with one attached hydrogen (secondary N) is 1. The zero-order valence-corrected chi connectivity index (χ0v) is 16.7. The molecule has 1 aliphatic heterocycles. The lowest BCUT2D eigenvalue weighted by molar-refractivity contribution is -0.130. The second-order valence-corrected chi connectivity index (χ2v) is 7.90. The number of carbonyl (C=O) groups is 1. The molecule has 146 valence electrons. The number of ether oxygens (including phenoxy) is 1. The van der Waals surface area contributed by atoms with Crippen LogP contribution in [0.25, 0.3) is 20.7 Å². The molecule has 28 heavy (non-hydrogen) atoms. The number of aromatic amines is 1. The minimum Gasteiger partial charge on any atom is -0.497 e. The molecule has 0 unspecified atom stereocenters. The van der Waals surface area contributed by atoms with Crippen LogP contribution in [0.5, 0.6) is 5.75 Å². The summed E-state index contributed by atoms with van der Waals surface area (Å²) < 4.78 is 5.84. The lowest BCUT2D eigenvalue weighted by Gasteiger charge is -2.33. The first-order valence-electron chi connectivity index (χ1n) is 9.18. The molecule has 0 saturated carbocycles. The van der Waals surface area contributed by atoms with Gasteiger partial charge in [-0.2, -0.15) is 0 Å². The summed E-state index contributed by atoms with van der Waals surface area (Å²) in [6.45, 7) is 5.15. The standard InChI is InChI=1S/C20H22N4O3S/c1-13(25)24-9-7-23(8-10-24)12-18-21-16-11-17(28-19(16)20(26)22-18)14-3-5-15(27-2)6-4-14/h3-6,11H,7-10,12H2,1-2H3,(H,21,22,26). The quantitative estimate of drug-likeness (QED) is 0.730. The highest BCUT2D eigenvalue weighted by molar-refractivity contribution is 7.22. The van der Waals surface area contributed by atoms with Crippen LogP contribution in [0.1, 0.15) is 12.7 Å². The van der Waals surface area contributed by atoms with Gasteiger partial charge in [-0.1, -0.05) is 0 Å². The molecule has 0 spiro atoms. The highest BCUT2D eigenvalue weighted by Gasteiger charge is 2.20. The average molecular weight is 398 g/mol. The van der Waals surface area contributed by atoms with Crippen molar-refractivity contribution in [1.29, 1.82) is 0 Å². The number of rotatable bonds is 4. The number of carbonyl (C=O) groups excluding carboxylic acids is 1. The summed E-state index contributed by atoms with van der Waals surface area (Å²) in [7, 11) is 1.64. The third-order valence-corrected chi connectivity index (χ3v) is 6.17. The van der Waals surface area contributed by atoms with E-state index in [1.54, 1.807) is 14.0 Å². The van der Waals surface area contributed by atoms with Gasteiger partial charge in [0.1, 0.15) is 16.3 Å². The monoisotopic (exact) mass is 398 g/mol. The second-order valence-electron chi connectivity index (χ2n) is 6.85. The molecule has 7 nitrogen and oxygen atoms in total. The van der Waals surface area contributed by atoms with Crippen LogP contribution < -0.4 is 10.3 Å². The van der Waals surface area contributed by atoms with E-state index < -0.39 is 0 Å². The fraction of sp³-hybridized carbons (Fsp3) is 0.350. The maximum absolute atomic E-state index is 12.6. The molecule has 1 amide bonds. The van der Waals surface area contributed by atoms with Crippen LogP contribution in [-0.2, 0) is 11.3 Å². The number of amides is 1. The van der Waals surface area contributed by atoms with E-state index in [2.05, 4.69) is 14.9 Å². The maximum atomic E-state index is 12.6. The van der Waals surface area contributed by atoms with Crippen LogP contribution in [0.4, 0.5) is 0 Å². The fourth-order valence-corrected chi connectivity index (χ4v) is 4.39. The Balaban J connectivity index is 1.55. The first-order chi connectivity index (χ1) is 13.5. The van der Waals surface area contributed by atoms with Gasteiger partial charge in [0, 0.05) is 38.0 Å². The molecule has 1 fully saturated rings. The van der Waals surface area contributed by atoms with Gasteiger partial charge < -0.3 is 14.6 Å². The predicted molar refractivity (Wildman–Crippen MR) is 110 cm³/mol. The lowest BCUT2D eigenvalue weighted by atomic mass is 10.2. The number of nitrogens with zero attached hydrogens (tertiary/aromatic N) is 3. The van der Waals surface area contributed by atoms with Crippen LogP contribution in [0.3, 0.4) is 0 Å². The van der Waals surface area contributed by atoms with Gasteiger partial charge in [0.05, 0.1) is 19.2 Å². The molecule has 0 bridgehead atoms. The van der Waals surface area contributed by atoms with Crippen molar-refractivity contribution in [1.82, 2.24) is 19.8 Å². The number of hydrogen-bond donors (Lipinski definition) is 1. The normalized spacial score (nSPS) is 15.1. The predicted octanol–water partition coefficient (Wildman–Crippen LogP) is 2.32. The zero-order valence-electron chi connectivity index (χ0n) is 15.9.